The van der Waals surface area contributed by atoms with E-state index in [4.69, 9.17) is 5.73 Å². The lowest BCUT2D eigenvalue weighted by atomic mass is 9.83. The zero-order valence-corrected chi connectivity index (χ0v) is 12.8. The Morgan fingerprint density at radius 2 is 1.95 bits per heavy atom. The van der Waals surface area contributed by atoms with Gasteiger partial charge in [-0.2, -0.15) is 0 Å². The molecule has 4 heteroatoms. The Morgan fingerprint density at radius 3 is 2.47 bits per heavy atom. The van der Waals surface area contributed by atoms with Crippen molar-refractivity contribution in [3.05, 3.63) is 0 Å². The maximum absolute atomic E-state index is 11.9. The Labute approximate surface area is 118 Å². The van der Waals surface area contributed by atoms with Gasteiger partial charge in [0.25, 0.3) is 0 Å². The summed E-state index contributed by atoms with van der Waals surface area (Å²) >= 11 is 0. The van der Waals surface area contributed by atoms with E-state index < -0.39 is 0 Å². The van der Waals surface area contributed by atoms with Gasteiger partial charge in [0.2, 0.25) is 5.91 Å². The van der Waals surface area contributed by atoms with E-state index in [1.165, 1.54) is 32.1 Å². The molecule has 0 heterocycles. The Hall–Kier alpha value is -0.610. The average Bonchev–Trinajstić information content (AvgIpc) is 2.39. The lowest BCUT2D eigenvalue weighted by molar-refractivity contribution is -0.122. The van der Waals surface area contributed by atoms with E-state index in [-0.39, 0.29) is 11.9 Å². The molecule has 0 aromatic rings. The third-order valence-corrected chi connectivity index (χ3v) is 4.28. The molecule has 0 aromatic carbocycles. The fourth-order valence-corrected chi connectivity index (χ4v) is 3.07. The highest BCUT2D eigenvalue weighted by molar-refractivity contribution is 5.81. The van der Waals surface area contributed by atoms with Gasteiger partial charge >= 0.3 is 0 Å². The highest BCUT2D eigenvalue weighted by Gasteiger charge is 2.26. The number of likely N-dealkylation sites (N-methyl/N-ethyl adjacent to an activating group) is 1. The van der Waals surface area contributed by atoms with E-state index >= 15 is 0 Å². The number of amides is 1. The summed E-state index contributed by atoms with van der Waals surface area (Å²) in [7, 11) is 4.22. The van der Waals surface area contributed by atoms with Gasteiger partial charge in [-0.3, -0.25) is 4.79 Å². The number of nitrogens with two attached hydrogens (primary N) is 1. The molecule has 1 aliphatic carbocycles. The first-order chi connectivity index (χ1) is 9.06. The minimum Gasteiger partial charge on any atom is -0.353 e. The first kappa shape index (κ1) is 16.4. The van der Waals surface area contributed by atoms with Crippen LogP contribution in [0.15, 0.2) is 0 Å². The zero-order chi connectivity index (χ0) is 14.3. The normalized spacial score (nSPS) is 20.3. The Morgan fingerprint density at radius 1 is 1.32 bits per heavy atom. The van der Waals surface area contributed by atoms with Crippen LogP contribution in [0.5, 0.6) is 0 Å². The second-order valence-corrected chi connectivity index (χ2v) is 6.07. The molecule has 1 rings (SSSR count). The van der Waals surface area contributed by atoms with Crippen LogP contribution in [0.1, 0.15) is 51.9 Å². The molecule has 0 aromatic heterocycles. The average molecular weight is 269 g/mol. The molecule has 2 atom stereocenters. The molecule has 1 aliphatic rings. The minimum atomic E-state index is -0.348. The number of carbonyl (C=O) groups excluding carboxylic acids is 1. The quantitative estimate of drug-likeness (QED) is 0.740. The Kier molecular flexibility index (Phi) is 7.39. The van der Waals surface area contributed by atoms with Crippen molar-refractivity contribution in [3.8, 4) is 0 Å². The number of rotatable bonds is 7. The van der Waals surface area contributed by atoms with E-state index in [1.54, 1.807) is 0 Å². The SMILES string of the molecule is CCCC(N)C(=O)NCC(C1CCCCC1)N(C)C. The smallest absolute Gasteiger partial charge is 0.236 e. The Balaban J connectivity index is 2.43. The van der Waals surface area contributed by atoms with Gasteiger partial charge < -0.3 is 16.0 Å². The molecule has 0 saturated heterocycles. The van der Waals surface area contributed by atoms with E-state index in [0.717, 1.165) is 19.4 Å². The van der Waals surface area contributed by atoms with Crippen molar-refractivity contribution in [2.45, 2.75) is 64.0 Å². The number of carbonyl (C=O) groups is 1. The van der Waals surface area contributed by atoms with E-state index in [2.05, 4.69) is 31.2 Å². The molecule has 1 fully saturated rings. The van der Waals surface area contributed by atoms with Crippen LogP contribution in [0, 0.1) is 5.92 Å². The van der Waals surface area contributed by atoms with Crippen LogP contribution in [0.4, 0.5) is 0 Å². The second kappa shape index (κ2) is 8.54. The van der Waals surface area contributed by atoms with E-state index in [0.29, 0.717) is 12.0 Å². The number of nitrogens with zero attached hydrogens (tertiary/aromatic N) is 1. The van der Waals surface area contributed by atoms with Crippen LogP contribution in [0.3, 0.4) is 0 Å². The third kappa shape index (κ3) is 5.49. The molecule has 4 nitrogen and oxygen atoms in total. The van der Waals surface area contributed by atoms with Crippen molar-refractivity contribution < 1.29 is 4.79 Å². The molecule has 112 valence electrons. The van der Waals surface area contributed by atoms with Gasteiger partial charge in [-0.25, -0.2) is 0 Å². The van der Waals surface area contributed by atoms with Crippen molar-refractivity contribution in [2.24, 2.45) is 11.7 Å². The maximum atomic E-state index is 11.9. The zero-order valence-electron chi connectivity index (χ0n) is 12.8. The van der Waals surface area contributed by atoms with Crippen molar-refractivity contribution in [1.29, 1.82) is 0 Å². The monoisotopic (exact) mass is 269 g/mol. The molecule has 0 bridgehead atoms. The van der Waals surface area contributed by atoms with Gasteiger partial charge in [0.15, 0.2) is 0 Å². The first-order valence-electron chi connectivity index (χ1n) is 7.76. The number of hydrogen-bond donors (Lipinski definition) is 2. The van der Waals surface area contributed by atoms with Gasteiger partial charge in [-0.05, 0) is 39.3 Å². The van der Waals surface area contributed by atoms with Crippen molar-refractivity contribution in [3.63, 3.8) is 0 Å². The van der Waals surface area contributed by atoms with E-state index in [9.17, 15) is 4.79 Å². The summed E-state index contributed by atoms with van der Waals surface area (Å²) in [5.41, 5.74) is 5.84. The van der Waals surface area contributed by atoms with Gasteiger partial charge in [0.05, 0.1) is 6.04 Å². The number of nitrogens with one attached hydrogen (secondary N) is 1. The third-order valence-electron chi connectivity index (χ3n) is 4.28. The summed E-state index contributed by atoms with van der Waals surface area (Å²) in [6.07, 6.45) is 8.33. The summed E-state index contributed by atoms with van der Waals surface area (Å²) < 4.78 is 0. The fraction of sp³-hybridized carbons (Fsp3) is 0.933. The fourth-order valence-electron chi connectivity index (χ4n) is 3.07. The highest BCUT2D eigenvalue weighted by atomic mass is 16.2. The molecule has 19 heavy (non-hydrogen) atoms. The van der Waals surface area contributed by atoms with Crippen molar-refractivity contribution >= 4 is 5.91 Å². The minimum absolute atomic E-state index is 0.00418. The predicted molar refractivity (Wildman–Crippen MR) is 79.9 cm³/mol. The standard InChI is InChI=1S/C15H31N3O/c1-4-8-13(16)15(19)17-11-14(18(2)3)12-9-6-5-7-10-12/h12-14H,4-11,16H2,1-3H3,(H,17,19). The highest BCUT2D eigenvalue weighted by Crippen LogP contribution is 2.28. The summed E-state index contributed by atoms with van der Waals surface area (Å²) in [4.78, 5) is 14.1. The molecule has 2 unspecified atom stereocenters. The molecular weight excluding hydrogens is 238 g/mol. The molecule has 1 amide bonds. The molecule has 0 radical (unpaired) electrons. The molecule has 3 N–H and O–H groups in total. The Bertz CT molecular complexity index is 262. The maximum Gasteiger partial charge on any atom is 0.236 e. The first-order valence-corrected chi connectivity index (χ1v) is 7.76. The van der Waals surface area contributed by atoms with Gasteiger partial charge in [0.1, 0.15) is 0 Å². The topological polar surface area (TPSA) is 58.4 Å². The summed E-state index contributed by atoms with van der Waals surface area (Å²) in [6, 6.07) is 0.0947. The second-order valence-electron chi connectivity index (χ2n) is 6.07. The van der Waals surface area contributed by atoms with Gasteiger partial charge in [0, 0.05) is 12.6 Å². The van der Waals surface area contributed by atoms with Crippen molar-refractivity contribution in [2.75, 3.05) is 20.6 Å². The molecule has 0 aliphatic heterocycles. The largest absolute Gasteiger partial charge is 0.353 e. The lowest BCUT2D eigenvalue weighted by Gasteiger charge is -2.35. The number of hydrogen-bond acceptors (Lipinski definition) is 3. The summed E-state index contributed by atoms with van der Waals surface area (Å²) in [5.74, 6) is 0.718. The van der Waals surface area contributed by atoms with E-state index in [1.807, 2.05) is 0 Å². The summed E-state index contributed by atoms with van der Waals surface area (Å²) in [6.45, 7) is 2.78. The lowest BCUT2D eigenvalue weighted by Crippen LogP contribution is -2.49. The molecule has 1 saturated carbocycles. The van der Waals surface area contributed by atoms with Crippen LogP contribution in [-0.2, 0) is 4.79 Å². The summed E-state index contributed by atoms with van der Waals surface area (Å²) in [5, 5.41) is 3.04. The molecule has 0 spiro atoms. The van der Waals surface area contributed by atoms with Crippen LogP contribution >= 0.6 is 0 Å². The van der Waals surface area contributed by atoms with Gasteiger partial charge in [-0.15, -0.1) is 0 Å². The van der Waals surface area contributed by atoms with Crippen molar-refractivity contribution in [1.82, 2.24) is 10.2 Å². The predicted octanol–water partition coefficient (Wildman–Crippen LogP) is 1.74. The van der Waals surface area contributed by atoms with Gasteiger partial charge in [-0.1, -0.05) is 32.6 Å². The van der Waals surface area contributed by atoms with Crippen LogP contribution < -0.4 is 11.1 Å². The molecular formula is C15H31N3O. The van der Waals surface area contributed by atoms with Crippen LogP contribution in [-0.4, -0.2) is 43.5 Å². The van der Waals surface area contributed by atoms with Crippen LogP contribution in [0.2, 0.25) is 0 Å². The van der Waals surface area contributed by atoms with Crippen LogP contribution in [0.25, 0.3) is 0 Å².